The van der Waals surface area contributed by atoms with Gasteiger partial charge >= 0.3 is 0 Å². The molecule has 1 aromatic heterocycles. The van der Waals surface area contributed by atoms with Gasteiger partial charge in [-0.15, -0.1) is 0 Å². The molecule has 0 bridgehead atoms. The molecule has 0 aliphatic rings. The number of carbonyl (C=O) groups excluding carboxylic acids is 2. The molecule has 0 atom stereocenters. The van der Waals surface area contributed by atoms with Crippen LogP contribution in [0.2, 0.25) is 0 Å². The molecule has 0 radical (unpaired) electrons. The Kier molecular flexibility index (Phi) is 9.50. The molecule has 3 aromatic rings. The van der Waals surface area contributed by atoms with Crippen molar-refractivity contribution in [1.82, 2.24) is 15.6 Å². The number of methoxy groups -OCH3 is 4. The van der Waals surface area contributed by atoms with Gasteiger partial charge in [-0.3, -0.25) is 14.6 Å². The van der Waals surface area contributed by atoms with Gasteiger partial charge < -0.3 is 29.6 Å². The van der Waals surface area contributed by atoms with Gasteiger partial charge in [-0.2, -0.15) is 0 Å². The first kappa shape index (κ1) is 26.3. The number of hydrogen-bond donors (Lipinski definition) is 2. The van der Waals surface area contributed by atoms with Crippen LogP contribution in [0, 0.1) is 0 Å². The lowest BCUT2D eigenvalue weighted by atomic mass is 10.1. The van der Waals surface area contributed by atoms with Gasteiger partial charge in [0.15, 0.2) is 23.0 Å². The fourth-order valence-corrected chi connectivity index (χ4v) is 3.57. The van der Waals surface area contributed by atoms with Gasteiger partial charge in [0.2, 0.25) is 0 Å². The number of hydrogen-bond acceptors (Lipinski definition) is 7. The molecule has 2 N–H and O–H groups in total. The fourth-order valence-electron chi connectivity index (χ4n) is 3.57. The molecular formula is C27H31N3O6. The van der Waals surface area contributed by atoms with Crippen LogP contribution in [0.4, 0.5) is 0 Å². The maximum atomic E-state index is 12.5. The third-order valence-electron chi connectivity index (χ3n) is 5.55. The first-order valence-corrected chi connectivity index (χ1v) is 11.4. The number of aromatic nitrogens is 1. The number of rotatable bonds is 12. The minimum absolute atomic E-state index is 0.240. The second-order valence-corrected chi connectivity index (χ2v) is 7.82. The van der Waals surface area contributed by atoms with Gasteiger partial charge in [0.05, 0.1) is 34.0 Å². The van der Waals surface area contributed by atoms with Gasteiger partial charge in [0.25, 0.3) is 11.8 Å². The summed E-state index contributed by atoms with van der Waals surface area (Å²) in [7, 11) is 6.33. The molecule has 0 saturated heterocycles. The summed E-state index contributed by atoms with van der Waals surface area (Å²) in [5.74, 6) is 2.02. The van der Waals surface area contributed by atoms with Crippen LogP contribution in [0.3, 0.4) is 0 Å². The molecule has 9 heteroatoms. The summed E-state index contributed by atoms with van der Waals surface area (Å²) >= 11 is 0. The molecule has 2 amide bonds. The summed E-state index contributed by atoms with van der Waals surface area (Å²) in [6.07, 6.45) is 2.64. The number of nitrogens with zero attached hydrogens (tertiary/aromatic N) is 1. The molecule has 0 fully saturated rings. The Bertz CT molecular complexity index is 1090. The first-order chi connectivity index (χ1) is 17.5. The molecule has 9 nitrogen and oxygen atoms in total. The maximum Gasteiger partial charge on any atom is 0.269 e. The highest BCUT2D eigenvalue weighted by Crippen LogP contribution is 2.28. The van der Waals surface area contributed by atoms with Gasteiger partial charge in [0.1, 0.15) is 5.69 Å². The summed E-state index contributed by atoms with van der Waals surface area (Å²) in [6, 6.07) is 14.4. The van der Waals surface area contributed by atoms with Crippen molar-refractivity contribution in [2.24, 2.45) is 0 Å². The highest BCUT2D eigenvalue weighted by Gasteiger charge is 2.11. The largest absolute Gasteiger partial charge is 0.493 e. The third kappa shape index (κ3) is 6.88. The van der Waals surface area contributed by atoms with Crippen molar-refractivity contribution in [3.63, 3.8) is 0 Å². The van der Waals surface area contributed by atoms with Crippen molar-refractivity contribution in [3.05, 3.63) is 77.1 Å². The van der Waals surface area contributed by atoms with Crippen LogP contribution in [0.25, 0.3) is 0 Å². The molecule has 36 heavy (non-hydrogen) atoms. The number of carbonyl (C=O) groups is 2. The van der Waals surface area contributed by atoms with Crippen LogP contribution in [0.1, 0.15) is 32.0 Å². The third-order valence-corrected chi connectivity index (χ3v) is 5.55. The van der Waals surface area contributed by atoms with Gasteiger partial charge in [-0.25, -0.2) is 0 Å². The van der Waals surface area contributed by atoms with E-state index in [9.17, 15) is 9.59 Å². The SMILES string of the molecule is COc1ccc(CCNC(=O)c2ccc(C(=O)NCCc3ccc(OC)c(OC)c3)nc2)cc1OC. The average Bonchev–Trinajstić information content (AvgIpc) is 2.92. The van der Waals surface area contributed by atoms with Crippen LogP contribution in [0.15, 0.2) is 54.7 Å². The van der Waals surface area contributed by atoms with E-state index in [0.29, 0.717) is 54.5 Å². The molecule has 190 valence electrons. The molecule has 0 saturated carbocycles. The Hall–Kier alpha value is -4.27. The topological polar surface area (TPSA) is 108 Å². The Morgan fingerprint density at radius 2 is 1.17 bits per heavy atom. The van der Waals surface area contributed by atoms with E-state index in [4.69, 9.17) is 18.9 Å². The van der Waals surface area contributed by atoms with Crippen LogP contribution >= 0.6 is 0 Å². The number of amides is 2. The molecule has 0 aliphatic carbocycles. The fraction of sp³-hybridized carbons (Fsp3) is 0.296. The van der Waals surface area contributed by atoms with Gasteiger partial charge in [0, 0.05) is 19.3 Å². The summed E-state index contributed by atoms with van der Waals surface area (Å²) in [6.45, 7) is 0.862. The van der Waals surface area contributed by atoms with E-state index < -0.39 is 0 Å². The zero-order valence-electron chi connectivity index (χ0n) is 20.9. The Morgan fingerprint density at radius 1 is 0.667 bits per heavy atom. The zero-order valence-corrected chi connectivity index (χ0v) is 20.9. The molecule has 0 unspecified atom stereocenters. The van der Waals surface area contributed by atoms with Crippen LogP contribution < -0.4 is 29.6 Å². The molecule has 0 aliphatic heterocycles. The van der Waals surface area contributed by atoms with Crippen molar-refractivity contribution >= 4 is 11.8 Å². The standard InChI is InChI=1S/C27H31N3O6/c1-33-22-9-5-18(15-24(22)35-3)11-13-28-26(31)20-7-8-21(30-17-20)27(32)29-14-12-19-6-10-23(34-2)25(16-19)36-4/h5-10,15-17H,11-14H2,1-4H3,(H,28,31)(H,29,32). The lowest BCUT2D eigenvalue weighted by molar-refractivity contribution is 0.0938. The monoisotopic (exact) mass is 493 g/mol. The second-order valence-electron chi connectivity index (χ2n) is 7.82. The van der Waals surface area contributed by atoms with Crippen molar-refractivity contribution in [2.75, 3.05) is 41.5 Å². The first-order valence-electron chi connectivity index (χ1n) is 11.4. The highest BCUT2D eigenvalue weighted by molar-refractivity contribution is 5.96. The quantitative estimate of drug-likeness (QED) is 0.399. The second kappa shape index (κ2) is 13.0. The minimum Gasteiger partial charge on any atom is -0.493 e. The molecular weight excluding hydrogens is 462 g/mol. The van der Waals surface area contributed by atoms with E-state index in [2.05, 4.69) is 15.6 Å². The summed E-state index contributed by atoms with van der Waals surface area (Å²) in [5.41, 5.74) is 2.63. The molecule has 1 heterocycles. The van der Waals surface area contributed by atoms with E-state index in [1.165, 1.54) is 12.3 Å². The van der Waals surface area contributed by atoms with Gasteiger partial charge in [-0.1, -0.05) is 12.1 Å². The van der Waals surface area contributed by atoms with Crippen LogP contribution in [-0.2, 0) is 12.8 Å². The predicted molar refractivity (Wildman–Crippen MR) is 135 cm³/mol. The Morgan fingerprint density at radius 3 is 1.61 bits per heavy atom. The number of benzene rings is 2. The normalized spacial score (nSPS) is 10.3. The van der Waals surface area contributed by atoms with E-state index in [-0.39, 0.29) is 17.5 Å². The Labute approximate surface area is 210 Å². The lowest BCUT2D eigenvalue weighted by Gasteiger charge is -2.10. The van der Waals surface area contributed by atoms with Crippen LogP contribution in [0.5, 0.6) is 23.0 Å². The lowest BCUT2D eigenvalue weighted by Crippen LogP contribution is -2.28. The highest BCUT2D eigenvalue weighted by atomic mass is 16.5. The van der Waals surface area contributed by atoms with E-state index in [1.807, 2.05) is 36.4 Å². The van der Waals surface area contributed by atoms with Crippen molar-refractivity contribution < 1.29 is 28.5 Å². The van der Waals surface area contributed by atoms with E-state index >= 15 is 0 Å². The number of ether oxygens (including phenoxy) is 4. The average molecular weight is 494 g/mol. The molecule has 2 aromatic carbocycles. The van der Waals surface area contributed by atoms with Crippen LogP contribution in [-0.4, -0.2) is 58.3 Å². The summed E-state index contributed by atoms with van der Waals surface area (Å²) < 4.78 is 21.1. The minimum atomic E-state index is -0.309. The summed E-state index contributed by atoms with van der Waals surface area (Å²) in [5, 5.41) is 5.70. The van der Waals surface area contributed by atoms with Crippen molar-refractivity contribution in [3.8, 4) is 23.0 Å². The number of nitrogens with one attached hydrogen (secondary N) is 2. The van der Waals surface area contributed by atoms with Gasteiger partial charge in [-0.05, 0) is 60.4 Å². The smallest absolute Gasteiger partial charge is 0.269 e. The summed E-state index contributed by atoms with van der Waals surface area (Å²) in [4.78, 5) is 29.0. The maximum absolute atomic E-state index is 12.5. The van der Waals surface area contributed by atoms with Crippen molar-refractivity contribution in [1.29, 1.82) is 0 Å². The van der Waals surface area contributed by atoms with E-state index in [0.717, 1.165) is 11.1 Å². The predicted octanol–water partition coefficient (Wildman–Crippen LogP) is 3.06. The zero-order chi connectivity index (χ0) is 25.9. The van der Waals surface area contributed by atoms with E-state index in [1.54, 1.807) is 34.5 Å². The molecule has 0 spiro atoms. The molecule has 3 rings (SSSR count). The number of pyridine rings is 1. The Balaban J connectivity index is 1.46. The van der Waals surface area contributed by atoms with Crippen molar-refractivity contribution in [2.45, 2.75) is 12.8 Å².